The maximum absolute atomic E-state index is 15.5. The van der Waals surface area contributed by atoms with Crippen molar-refractivity contribution in [2.45, 2.75) is 121 Å². The molecule has 0 bridgehead atoms. The summed E-state index contributed by atoms with van der Waals surface area (Å²) >= 11 is 1.26. The topological polar surface area (TPSA) is 332 Å². The van der Waals surface area contributed by atoms with Gasteiger partial charge in [-0.25, -0.2) is 28.7 Å². The summed E-state index contributed by atoms with van der Waals surface area (Å²) in [7, 11) is 1.47. The fourth-order valence-corrected chi connectivity index (χ4v) is 13.7. The zero-order valence-electron chi connectivity index (χ0n) is 54.1. The molecular weight excluding hydrogens is 1270 g/mol. The average molecular weight is 1350 g/mol. The van der Waals surface area contributed by atoms with Gasteiger partial charge in [-0.1, -0.05) is 56.3 Å². The minimum absolute atomic E-state index is 0.0143. The number of imide groups is 1. The minimum Gasteiger partial charge on any atom is -0.457 e. The van der Waals surface area contributed by atoms with Gasteiger partial charge in [0.05, 0.1) is 71.7 Å². The zero-order chi connectivity index (χ0) is 69.1. The van der Waals surface area contributed by atoms with E-state index in [9.17, 15) is 57.5 Å². The number of fused-ring (bicyclic) bond motifs is 5. The normalized spacial score (nSPS) is 18.3. The van der Waals surface area contributed by atoms with Crippen molar-refractivity contribution >= 4 is 99.5 Å². The summed E-state index contributed by atoms with van der Waals surface area (Å²) in [4.78, 5) is 169. The number of aromatic nitrogens is 2. The summed E-state index contributed by atoms with van der Waals surface area (Å²) in [5, 5.41) is 16.0. The van der Waals surface area contributed by atoms with Gasteiger partial charge in [0.1, 0.15) is 25.1 Å². The third-order valence-electron chi connectivity index (χ3n) is 18.2. The van der Waals surface area contributed by atoms with Crippen LogP contribution >= 0.6 is 11.8 Å². The largest absolute Gasteiger partial charge is 0.457 e. The van der Waals surface area contributed by atoms with Crippen LogP contribution in [0, 0.1) is 19.7 Å². The molecule has 5 atom stereocenters. The highest BCUT2D eigenvalue weighted by Crippen LogP contribution is 2.48. The summed E-state index contributed by atoms with van der Waals surface area (Å²) < 4.78 is 34.4. The molecule has 506 valence electrons. The van der Waals surface area contributed by atoms with Gasteiger partial charge in [0.25, 0.3) is 11.5 Å². The van der Waals surface area contributed by atoms with Crippen LogP contribution in [0.1, 0.15) is 112 Å². The van der Waals surface area contributed by atoms with Crippen molar-refractivity contribution in [3.8, 4) is 11.4 Å². The van der Waals surface area contributed by atoms with Crippen molar-refractivity contribution in [1.82, 2.24) is 45.9 Å². The molecular formula is C69H72FN11O15S. The predicted molar refractivity (Wildman–Crippen MR) is 352 cm³/mol. The number of nitrogens with one attached hydrogen (secondary N) is 6. The maximum Gasteiger partial charge on any atom is 0.411 e. The first kappa shape index (κ1) is 67.9. The van der Waals surface area contributed by atoms with Gasteiger partial charge in [0.15, 0.2) is 0 Å². The molecule has 0 radical (unpaired) electrons. The van der Waals surface area contributed by atoms with E-state index in [2.05, 4.69) is 31.9 Å². The fourth-order valence-electron chi connectivity index (χ4n) is 13.1. The summed E-state index contributed by atoms with van der Waals surface area (Å²) in [5.41, 5.74) is 3.91. The first-order valence-electron chi connectivity index (χ1n) is 31.8. The molecule has 28 heteroatoms. The Balaban J connectivity index is 0.653. The number of likely N-dealkylation sites (tertiary alicyclic amines) is 1. The van der Waals surface area contributed by atoms with Crippen LogP contribution < -0.4 is 42.4 Å². The Morgan fingerprint density at radius 1 is 0.835 bits per heavy atom. The zero-order valence-corrected chi connectivity index (χ0v) is 55.0. The number of amides is 10. The van der Waals surface area contributed by atoms with Gasteiger partial charge in [0.2, 0.25) is 47.0 Å². The second-order valence-corrected chi connectivity index (χ2v) is 25.6. The number of halogens is 1. The number of nitrogens with zero attached hydrogens (tertiary/aromatic N) is 5. The van der Waals surface area contributed by atoms with E-state index in [4.69, 9.17) is 19.2 Å². The number of hydrogen-bond donors (Lipinski definition) is 6. The molecule has 4 aromatic carbocycles. The maximum atomic E-state index is 15.5. The highest BCUT2D eigenvalue weighted by Gasteiger charge is 2.52. The third-order valence-corrected chi connectivity index (χ3v) is 19.1. The molecule has 6 N–H and O–H groups in total. The summed E-state index contributed by atoms with van der Waals surface area (Å²) in [6.45, 7) is 5.01. The molecule has 11 rings (SSSR count). The molecule has 6 aromatic rings. The number of aryl methyl sites for hydroxylation is 1. The number of hydrogen-bond acceptors (Lipinski definition) is 17. The highest BCUT2D eigenvalue weighted by molar-refractivity contribution is 8.00. The second-order valence-electron chi connectivity index (χ2n) is 24.5. The number of ether oxygens (including phenoxy) is 3. The Hall–Kier alpha value is -10.5. The molecule has 2 saturated heterocycles. The highest BCUT2D eigenvalue weighted by atomic mass is 32.2. The number of pyridine rings is 2. The lowest BCUT2D eigenvalue weighted by Gasteiger charge is -2.37. The average Bonchev–Trinajstić information content (AvgIpc) is 1.58. The molecule has 5 aliphatic rings. The Morgan fingerprint density at radius 2 is 1.58 bits per heavy atom. The summed E-state index contributed by atoms with van der Waals surface area (Å²) in [6.07, 6.45) is 1.77. The van der Waals surface area contributed by atoms with Gasteiger partial charge >= 0.3 is 18.2 Å². The SMILES string of the molecule is CCC(=O)N[C@H]1Cc2c(C)c(F)cc3nc4c(c1c23)Cn1c-4cc2c(c1=O)COC(=O)[C@@]2(CC)OC(=O)N(C)C[C@@H]1CCCN1C(=O)OCc1ccc(NC(=O)CNC(=O)[C@H](Cc2ccccc2)NC(=O)CNC(=O)CNC(=O)c2cc(C)cc(N3C(=O)CC(SC)C3=O)c2)cc1. The molecule has 4 aliphatic heterocycles. The molecule has 2 aromatic heterocycles. The van der Waals surface area contributed by atoms with E-state index in [0.29, 0.717) is 76.2 Å². The van der Waals surface area contributed by atoms with E-state index < -0.39 is 108 Å². The molecule has 1 unspecified atom stereocenters. The molecule has 26 nitrogen and oxygen atoms in total. The Bertz CT molecular complexity index is 4320. The number of cyclic esters (lactones) is 1. The van der Waals surface area contributed by atoms with Crippen LogP contribution in [0.2, 0.25) is 0 Å². The fraction of sp³-hybridized carbons (Fsp3) is 0.377. The van der Waals surface area contributed by atoms with Crippen LogP contribution in [0.4, 0.5) is 25.4 Å². The van der Waals surface area contributed by atoms with E-state index >= 15 is 4.39 Å². The monoisotopic (exact) mass is 1350 g/mol. The number of carbonyl (C=O) groups excluding carboxylic acids is 11. The lowest BCUT2D eigenvalue weighted by atomic mass is 9.85. The van der Waals surface area contributed by atoms with Gasteiger partial charge in [-0.2, -0.15) is 11.8 Å². The van der Waals surface area contributed by atoms with Gasteiger partial charge in [-0.05, 0) is 116 Å². The molecule has 10 amide bonds. The van der Waals surface area contributed by atoms with E-state index in [0.717, 1.165) is 21.4 Å². The Morgan fingerprint density at radius 3 is 2.30 bits per heavy atom. The second kappa shape index (κ2) is 28.4. The van der Waals surface area contributed by atoms with Crippen molar-refractivity contribution < 1.29 is 71.3 Å². The predicted octanol–water partition coefficient (Wildman–Crippen LogP) is 5.16. The Kier molecular flexibility index (Phi) is 19.9. The van der Waals surface area contributed by atoms with Crippen molar-refractivity contribution in [2.24, 2.45) is 0 Å². The van der Waals surface area contributed by atoms with Gasteiger partial charge in [0, 0.05) is 73.2 Å². The molecule has 2 fully saturated rings. The van der Waals surface area contributed by atoms with E-state index in [1.165, 1.54) is 51.4 Å². The molecule has 0 saturated carbocycles. The summed E-state index contributed by atoms with van der Waals surface area (Å²) in [6, 6.07) is 20.5. The first-order chi connectivity index (χ1) is 46.5. The Labute approximate surface area is 560 Å². The molecule has 1 aliphatic carbocycles. The van der Waals surface area contributed by atoms with Crippen LogP contribution in [0.25, 0.3) is 22.3 Å². The molecule has 6 heterocycles. The number of likely N-dealkylation sites (N-methyl/N-ethyl adjacent to an activating group) is 1. The number of anilines is 2. The number of thioether (sulfide) groups is 1. The van der Waals surface area contributed by atoms with Crippen molar-refractivity contribution in [2.75, 3.05) is 56.2 Å². The third kappa shape index (κ3) is 14.0. The quantitative estimate of drug-likeness (QED) is 0.0290. The van der Waals surface area contributed by atoms with E-state index in [1.54, 1.807) is 101 Å². The lowest BCUT2D eigenvalue weighted by molar-refractivity contribution is -0.173. The van der Waals surface area contributed by atoms with Crippen molar-refractivity contribution in [1.29, 1.82) is 0 Å². The lowest BCUT2D eigenvalue weighted by Crippen LogP contribution is -2.52. The van der Waals surface area contributed by atoms with E-state index in [-0.39, 0.29) is 92.1 Å². The number of esters is 1. The van der Waals surface area contributed by atoms with Crippen LogP contribution in [0.3, 0.4) is 0 Å². The molecule has 97 heavy (non-hydrogen) atoms. The number of benzene rings is 4. The van der Waals surface area contributed by atoms with Gasteiger partial charge in [-0.3, -0.25) is 43.2 Å². The van der Waals surface area contributed by atoms with Crippen molar-refractivity contribution in [3.63, 3.8) is 0 Å². The number of rotatable bonds is 22. The van der Waals surface area contributed by atoms with E-state index in [1.807, 2.05) is 0 Å². The van der Waals surface area contributed by atoms with Crippen LogP contribution in [-0.2, 0) is 90.8 Å². The standard InChI is InChI=1S/C69H72FN11O15S/c1-7-54(82)75-49-25-44-37(4)48(70)27-50-59(44)60(49)45-33-80-52(61(45)77-50)26-47-46(64(80)89)35-94-66(91)69(47,8-2)96-67(92)78(5)32-42-15-12-20-79(42)68(93)95-34-39-16-18-41(19-17-39)74-56(84)31-73-63(88)51(23-38-13-10-9-11-14-38)76-57(85)30-71-55(83)29-72-62(87)40-21-36(3)22-43(24-40)81-58(86)28-53(97-6)65(81)90/h9-11,13-14,16-19,21-22,24,26-27,42,49,51,53H,7-8,12,15,20,23,25,28-35H2,1-6H3,(H,71,83)(H,72,87)(H,73,88)(H,74,84)(H,75,82)(H,76,85)/t42-,49-,51-,53?,69-/m0/s1. The number of carbonyl (C=O) groups is 11. The van der Waals surface area contributed by atoms with Crippen LogP contribution in [0.15, 0.2) is 89.7 Å². The smallest absolute Gasteiger partial charge is 0.411 e. The summed E-state index contributed by atoms with van der Waals surface area (Å²) in [5.74, 6) is -5.74. The van der Waals surface area contributed by atoms with Gasteiger partial charge < -0.3 is 60.5 Å². The van der Waals surface area contributed by atoms with Crippen LogP contribution in [0.5, 0.6) is 0 Å². The van der Waals surface area contributed by atoms with Crippen LogP contribution in [-0.4, -0.2) is 148 Å². The van der Waals surface area contributed by atoms with Crippen molar-refractivity contribution in [3.05, 3.63) is 157 Å². The minimum atomic E-state index is -2.06. The molecule has 0 spiro atoms. The van der Waals surface area contributed by atoms with Gasteiger partial charge in [-0.15, -0.1) is 0 Å². The first-order valence-corrected chi connectivity index (χ1v) is 33.1.